The van der Waals surface area contributed by atoms with E-state index in [0.29, 0.717) is 17.1 Å². The van der Waals surface area contributed by atoms with Crippen LogP contribution < -0.4 is 0 Å². The highest BCUT2D eigenvalue weighted by molar-refractivity contribution is 5.97. The Morgan fingerprint density at radius 2 is 1.90 bits per heavy atom. The van der Waals surface area contributed by atoms with E-state index in [4.69, 9.17) is 9.62 Å². The first-order valence-corrected chi connectivity index (χ1v) is 4.46. The molecule has 0 bridgehead atoms. The molecule has 0 heterocycles. The minimum Gasteiger partial charge on any atom is -0.382 e. The van der Waals surface area contributed by atoms with Crippen LogP contribution >= 0.6 is 0 Å². The summed E-state index contributed by atoms with van der Waals surface area (Å²) >= 11 is 0. The molecule has 0 saturated carbocycles. The molecule has 62 valence electrons. The second-order valence-electron chi connectivity index (χ2n) is 1.89. The van der Waals surface area contributed by atoms with Gasteiger partial charge in [-0.1, -0.05) is 0 Å². The lowest BCUT2D eigenvalue weighted by atomic mass is 10.3. The lowest BCUT2D eigenvalue weighted by Gasteiger charge is -2.00. The smallest absolute Gasteiger partial charge is 0.193 e. The van der Waals surface area contributed by atoms with Gasteiger partial charge in [0.05, 0.1) is 6.61 Å². The molecule has 0 aromatic heterocycles. The van der Waals surface area contributed by atoms with Gasteiger partial charge in [-0.2, -0.15) is 0 Å². The van der Waals surface area contributed by atoms with Crippen molar-refractivity contribution in [2.75, 3.05) is 19.8 Å². The van der Waals surface area contributed by atoms with Crippen LogP contribution in [0.3, 0.4) is 0 Å². The molecule has 0 rings (SSSR count). The van der Waals surface area contributed by atoms with Crippen LogP contribution in [-0.2, 0) is 14.2 Å². The van der Waals surface area contributed by atoms with Gasteiger partial charge in [0.25, 0.3) is 0 Å². The molecule has 3 nitrogen and oxygen atoms in total. The van der Waals surface area contributed by atoms with Crippen molar-refractivity contribution < 1.29 is 14.2 Å². The predicted octanol–water partition coefficient (Wildman–Crippen LogP) is 0.0317. The Bertz CT molecular complexity index is 53.0. The predicted molar refractivity (Wildman–Crippen MR) is 42.7 cm³/mol. The lowest BCUT2D eigenvalue weighted by molar-refractivity contribution is -0.204. The molecule has 0 N–H and O–H groups in total. The summed E-state index contributed by atoms with van der Waals surface area (Å²) in [5.74, 6) is 0. The molecule has 0 aliphatic rings. The third-order valence-electron chi connectivity index (χ3n) is 1.09. The first-order valence-electron chi connectivity index (χ1n) is 3.65. The lowest BCUT2D eigenvalue weighted by Crippen LogP contribution is -1.98. The van der Waals surface area contributed by atoms with E-state index in [1.165, 1.54) is 0 Å². The van der Waals surface area contributed by atoms with Crippen molar-refractivity contribution in [1.82, 2.24) is 0 Å². The van der Waals surface area contributed by atoms with Gasteiger partial charge in [-0.05, 0) is 19.8 Å². The molecule has 0 aromatic carbocycles. The molecular formula is C6H16O3Si. The highest BCUT2D eigenvalue weighted by Gasteiger charge is 1.87. The quantitative estimate of drug-likeness (QED) is 0.230. The molecule has 0 fully saturated rings. The zero-order valence-electron chi connectivity index (χ0n) is 6.76. The van der Waals surface area contributed by atoms with E-state index in [1.807, 2.05) is 6.92 Å². The minimum atomic E-state index is 0.655. The van der Waals surface area contributed by atoms with Crippen LogP contribution in [0.4, 0.5) is 0 Å². The topological polar surface area (TPSA) is 27.7 Å². The van der Waals surface area contributed by atoms with Gasteiger partial charge in [0, 0.05) is 13.2 Å². The summed E-state index contributed by atoms with van der Waals surface area (Å²) in [5, 5.41) is 0. The maximum Gasteiger partial charge on any atom is 0.193 e. The first kappa shape index (κ1) is 10.1. The Morgan fingerprint density at radius 1 is 1.20 bits per heavy atom. The summed E-state index contributed by atoms with van der Waals surface area (Å²) in [6, 6.07) is 0. The fourth-order valence-electron chi connectivity index (χ4n) is 0.593. The molecule has 0 spiro atoms. The number of rotatable bonds is 7. The highest BCUT2D eigenvalue weighted by atomic mass is 28.2. The van der Waals surface area contributed by atoms with E-state index < -0.39 is 0 Å². The highest BCUT2D eigenvalue weighted by Crippen LogP contribution is 1.90. The summed E-state index contributed by atoms with van der Waals surface area (Å²) < 4.78 is 9.67. The SMILES string of the molecule is CCOCCCCOO[SiH3]. The van der Waals surface area contributed by atoms with Gasteiger partial charge in [0.2, 0.25) is 0 Å². The van der Waals surface area contributed by atoms with Crippen molar-refractivity contribution >= 4 is 10.5 Å². The average Bonchev–Trinajstić information content (AvgIpc) is 1.97. The summed E-state index contributed by atoms with van der Waals surface area (Å²) in [7, 11) is 0.655. The maximum absolute atomic E-state index is 5.13. The molecule has 4 heteroatoms. The number of hydrogen-bond acceptors (Lipinski definition) is 3. The van der Waals surface area contributed by atoms with Crippen molar-refractivity contribution in [2.45, 2.75) is 19.8 Å². The summed E-state index contributed by atoms with van der Waals surface area (Å²) in [6.45, 7) is 4.33. The number of unbranched alkanes of at least 4 members (excludes halogenated alkanes) is 1. The van der Waals surface area contributed by atoms with Crippen molar-refractivity contribution in [3.05, 3.63) is 0 Å². The van der Waals surface area contributed by atoms with Crippen LogP contribution in [-0.4, -0.2) is 30.3 Å². The zero-order chi connectivity index (χ0) is 7.66. The van der Waals surface area contributed by atoms with E-state index >= 15 is 0 Å². The van der Waals surface area contributed by atoms with Crippen molar-refractivity contribution in [1.29, 1.82) is 0 Å². The Kier molecular flexibility index (Phi) is 9.19. The van der Waals surface area contributed by atoms with Crippen molar-refractivity contribution in [3.63, 3.8) is 0 Å². The normalized spacial score (nSPS) is 10.5. The zero-order valence-corrected chi connectivity index (χ0v) is 8.76. The second kappa shape index (κ2) is 9.10. The Hall–Kier alpha value is 0.0969. The van der Waals surface area contributed by atoms with Crippen LogP contribution in [0.15, 0.2) is 0 Å². The van der Waals surface area contributed by atoms with E-state index in [2.05, 4.69) is 4.58 Å². The molecule has 0 atom stereocenters. The molecule has 0 amide bonds. The van der Waals surface area contributed by atoms with Crippen molar-refractivity contribution in [3.8, 4) is 0 Å². The molecule has 0 aromatic rings. The van der Waals surface area contributed by atoms with E-state index in [0.717, 1.165) is 26.1 Å². The van der Waals surface area contributed by atoms with Crippen LogP contribution in [0.25, 0.3) is 0 Å². The van der Waals surface area contributed by atoms with Gasteiger partial charge in [-0.15, -0.1) is 0 Å². The molecule has 0 aliphatic carbocycles. The molecule has 0 radical (unpaired) electrons. The van der Waals surface area contributed by atoms with Gasteiger partial charge in [0.1, 0.15) is 0 Å². The second-order valence-corrected chi connectivity index (χ2v) is 2.23. The molecule has 10 heavy (non-hydrogen) atoms. The average molecular weight is 164 g/mol. The number of hydrogen-bond donors (Lipinski definition) is 0. The van der Waals surface area contributed by atoms with E-state index in [9.17, 15) is 0 Å². The van der Waals surface area contributed by atoms with Crippen LogP contribution in [0.1, 0.15) is 19.8 Å². The van der Waals surface area contributed by atoms with E-state index in [1.54, 1.807) is 0 Å². The third kappa shape index (κ3) is 8.10. The van der Waals surface area contributed by atoms with Gasteiger partial charge in [-0.25, -0.2) is 4.89 Å². The molecule has 0 unspecified atom stereocenters. The third-order valence-corrected chi connectivity index (χ3v) is 1.32. The monoisotopic (exact) mass is 164 g/mol. The van der Waals surface area contributed by atoms with Crippen LogP contribution in [0.2, 0.25) is 0 Å². The summed E-state index contributed by atoms with van der Waals surface area (Å²) in [5.41, 5.74) is 0. The van der Waals surface area contributed by atoms with Crippen molar-refractivity contribution in [2.24, 2.45) is 0 Å². The van der Waals surface area contributed by atoms with E-state index in [-0.39, 0.29) is 0 Å². The van der Waals surface area contributed by atoms with Gasteiger partial charge in [0.15, 0.2) is 10.5 Å². The van der Waals surface area contributed by atoms with Gasteiger partial charge < -0.3 is 4.74 Å². The summed E-state index contributed by atoms with van der Waals surface area (Å²) in [6.07, 6.45) is 2.07. The molecule has 0 aliphatic heterocycles. The molecule has 0 saturated heterocycles. The number of ether oxygens (including phenoxy) is 1. The minimum absolute atomic E-state index is 0.655. The Balaban J connectivity index is 2.65. The standard InChI is InChI=1S/C6H16O3Si/c1-2-7-5-3-4-6-8-9-10/h2-6H2,1,10H3. The maximum atomic E-state index is 5.13. The Labute approximate surface area is 65.1 Å². The molecular weight excluding hydrogens is 148 g/mol. The van der Waals surface area contributed by atoms with Crippen LogP contribution in [0.5, 0.6) is 0 Å². The Morgan fingerprint density at radius 3 is 2.50 bits per heavy atom. The first-order chi connectivity index (χ1) is 4.91. The van der Waals surface area contributed by atoms with Gasteiger partial charge in [-0.3, -0.25) is 4.58 Å². The fourth-order valence-corrected chi connectivity index (χ4v) is 0.759. The summed E-state index contributed by atoms with van der Waals surface area (Å²) in [4.78, 5) is 4.72. The largest absolute Gasteiger partial charge is 0.382 e. The van der Waals surface area contributed by atoms with Crippen LogP contribution in [0, 0.1) is 0 Å². The fraction of sp³-hybridized carbons (Fsp3) is 1.00. The van der Waals surface area contributed by atoms with Gasteiger partial charge >= 0.3 is 0 Å².